The molecule has 2 amide bonds. The van der Waals surface area contributed by atoms with Gasteiger partial charge in [0.05, 0.1) is 3.79 Å². The Morgan fingerprint density at radius 3 is 2.57 bits per heavy atom. The molecule has 78 valence electrons. The Balaban J connectivity index is 2.57. The second-order valence-electron chi connectivity index (χ2n) is 3.29. The van der Waals surface area contributed by atoms with E-state index in [0.717, 1.165) is 9.35 Å². The highest BCUT2D eigenvalue weighted by molar-refractivity contribution is 9.11. The molecule has 0 N–H and O–H groups in total. The van der Waals surface area contributed by atoms with Gasteiger partial charge in [0.1, 0.15) is 0 Å². The van der Waals surface area contributed by atoms with Gasteiger partial charge in [0.25, 0.3) is 0 Å². The lowest BCUT2D eigenvalue weighted by Crippen LogP contribution is -2.35. The van der Waals surface area contributed by atoms with Gasteiger partial charge in [0.2, 0.25) is 0 Å². The second-order valence-corrected chi connectivity index (χ2v) is 5.58. The summed E-state index contributed by atoms with van der Waals surface area (Å²) in [6.07, 6.45) is 0. The molecule has 0 aliphatic heterocycles. The van der Waals surface area contributed by atoms with Gasteiger partial charge in [0.15, 0.2) is 0 Å². The van der Waals surface area contributed by atoms with Crippen LogP contribution in [0.2, 0.25) is 0 Å². The van der Waals surface area contributed by atoms with E-state index in [0.29, 0.717) is 6.54 Å². The molecule has 1 aromatic rings. The fourth-order valence-electron chi connectivity index (χ4n) is 1.11. The maximum atomic E-state index is 11.5. The zero-order valence-corrected chi connectivity index (χ0v) is 10.9. The Kier molecular flexibility index (Phi) is 3.95. The Hall–Kier alpha value is -0.550. The van der Waals surface area contributed by atoms with Gasteiger partial charge in [0, 0.05) is 27.7 Å². The van der Waals surface area contributed by atoms with Crippen LogP contribution in [0.25, 0.3) is 0 Å². The number of carbonyl (C=O) groups excluding carboxylic acids is 1. The van der Waals surface area contributed by atoms with Crippen molar-refractivity contribution in [1.29, 1.82) is 0 Å². The predicted molar refractivity (Wildman–Crippen MR) is 62.6 cm³/mol. The van der Waals surface area contributed by atoms with Crippen molar-refractivity contribution in [1.82, 2.24) is 9.80 Å². The normalized spacial score (nSPS) is 10.0. The fraction of sp³-hybridized carbons (Fsp3) is 0.444. The van der Waals surface area contributed by atoms with Crippen LogP contribution in [0.4, 0.5) is 4.79 Å². The fourth-order valence-corrected chi connectivity index (χ4v) is 2.31. The first-order valence-electron chi connectivity index (χ1n) is 4.16. The van der Waals surface area contributed by atoms with E-state index in [-0.39, 0.29) is 6.03 Å². The number of halogens is 1. The summed E-state index contributed by atoms with van der Waals surface area (Å²) in [6.45, 7) is 0.652. The highest BCUT2D eigenvalue weighted by Crippen LogP contribution is 2.21. The van der Waals surface area contributed by atoms with Gasteiger partial charge >= 0.3 is 6.03 Å². The number of carbonyl (C=O) groups is 1. The van der Waals surface area contributed by atoms with E-state index in [4.69, 9.17) is 0 Å². The van der Waals surface area contributed by atoms with E-state index < -0.39 is 0 Å². The molecule has 14 heavy (non-hydrogen) atoms. The monoisotopic (exact) mass is 276 g/mol. The van der Waals surface area contributed by atoms with Crippen molar-refractivity contribution in [3.8, 4) is 0 Å². The Morgan fingerprint density at radius 2 is 2.14 bits per heavy atom. The number of rotatable bonds is 2. The molecule has 0 spiro atoms. The topological polar surface area (TPSA) is 23.6 Å². The van der Waals surface area contributed by atoms with Crippen LogP contribution >= 0.6 is 27.3 Å². The van der Waals surface area contributed by atoms with Crippen LogP contribution in [0.5, 0.6) is 0 Å². The summed E-state index contributed by atoms with van der Waals surface area (Å²) in [7, 11) is 5.30. The summed E-state index contributed by atoms with van der Waals surface area (Å²) in [5, 5.41) is 2.05. The van der Waals surface area contributed by atoms with Crippen molar-refractivity contribution in [3.05, 3.63) is 20.8 Å². The highest BCUT2D eigenvalue weighted by Gasteiger charge is 2.11. The third-order valence-electron chi connectivity index (χ3n) is 1.75. The molecule has 3 nitrogen and oxygen atoms in total. The number of hydrogen-bond acceptors (Lipinski definition) is 2. The van der Waals surface area contributed by atoms with Crippen LogP contribution < -0.4 is 0 Å². The SMILES string of the molecule is CN(C)C(=O)N(C)Cc1csc(Br)c1. The summed E-state index contributed by atoms with van der Waals surface area (Å²) in [4.78, 5) is 14.8. The zero-order chi connectivity index (χ0) is 10.7. The van der Waals surface area contributed by atoms with E-state index >= 15 is 0 Å². The Labute approximate surface area is 96.4 Å². The molecule has 0 unspecified atom stereocenters. The lowest BCUT2D eigenvalue weighted by atomic mass is 10.3. The maximum absolute atomic E-state index is 11.5. The van der Waals surface area contributed by atoms with Crippen LogP contribution in [0.1, 0.15) is 5.56 Å². The van der Waals surface area contributed by atoms with Gasteiger partial charge in [-0.15, -0.1) is 11.3 Å². The lowest BCUT2D eigenvalue weighted by molar-refractivity contribution is 0.180. The van der Waals surface area contributed by atoms with Crippen molar-refractivity contribution in [2.24, 2.45) is 0 Å². The smallest absolute Gasteiger partial charge is 0.319 e. The molecule has 5 heteroatoms. The van der Waals surface area contributed by atoms with Crippen LogP contribution in [0, 0.1) is 0 Å². The quantitative estimate of drug-likeness (QED) is 0.815. The van der Waals surface area contributed by atoms with E-state index in [9.17, 15) is 4.79 Å². The van der Waals surface area contributed by atoms with Gasteiger partial charge in [-0.1, -0.05) is 0 Å². The lowest BCUT2D eigenvalue weighted by Gasteiger charge is -2.21. The third-order valence-corrected chi connectivity index (χ3v) is 3.30. The molecule has 0 aliphatic rings. The first-order valence-corrected chi connectivity index (χ1v) is 5.83. The number of urea groups is 1. The molecular weight excluding hydrogens is 264 g/mol. The van der Waals surface area contributed by atoms with Crippen molar-refractivity contribution < 1.29 is 4.79 Å². The molecule has 1 aromatic heterocycles. The summed E-state index contributed by atoms with van der Waals surface area (Å²) in [5.41, 5.74) is 1.15. The van der Waals surface area contributed by atoms with Crippen LogP contribution in [0.3, 0.4) is 0 Å². The molecule has 0 radical (unpaired) electrons. The minimum absolute atomic E-state index is 0.0207. The average Bonchev–Trinajstić information content (AvgIpc) is 2.49. The molecule has 1 heterocycles. The number of hydrogen-bond donors (Lipinski definition) is 0. The van der Waals surface area contributed by atoms with E-state index in [1.54, 1.807) is 42.3 Å². The van der Waals surface area contributed by atoms with E-state index in [2.05, 4.69) is 15.9 Å². The minimum atomic E-state index is 0.0207. The summed E-state index contributed by atoms with van der Waals surface area (Å²) < 4.78 is 1.10. The van der Waals surface area contributed by atoms with Gasteiger partial charge < -0.3 is 9.80 Å². The third kappa shape index (κ3) is 2.99. The van der Waals surface area contributed by atoms with Gasteiger partial charge in [-0.25, -0.2) is 4.79 Å². The van der Waals surface area contributed by atoms with Gasteiger partial charge in [-0.3, -0.25) is 0 Å². The van der Waals surface area contributed by atoms with Crippen molar-refractivity contribution >= 4 is 33.3 Å². The van der Waals surface area contributed by atoms with Gasteiger partial charge in [-0.05, 0) is 32.9 Å². The molecular formula is C9H13BrN2OS. The zero-order valence-electron chi connectivity index (χ0n) is 8.45. The average molecular weight is 277 g/mol. The van der Waals surface area contributed by atoms with Gasteiger partial charge in [-0.2, -0.15) is 0 Å². The number of amides is 2. The molecule has 0 saturated heterocycles. The van der Waals surface area contributed by atoms with Crippen LogP contribution in [-0.2, 0) is 6.54 Å². The second kappa shape index (κ2) is 4.79. The molecule has 0 bridgehead atoms. The summed E-state index contributed by atoms with van der Waals surface area (Å²) >= 11 is 5.02. The minimum Gasteiger partial charge on any atom is -0.331 e. The molecule has 0 atom stereocenters. The molecule has 0 saturated carbocycles. The number of nitrogens with zero attached hydrogens (tertiary/aromatic N) is 2. The van der Waals surface area contributed by atoms with E-state index in [1.807, 2.05) is 11.4 Å². The molecule has 0 aliphatic carbocycles. The summed E-state index contributed by atoms with van der Waals surface area (Å²) in [5.74, 6) is 0. The molecule has 0 aromatic carbocycles. The Morgan fingerprint density at radius 1 is 1.50 bits per heavy atom. The van der Waals surface area contributed by atoms with Crippen molar-refractivity contribution in [2.75, 3.05) is 21.1 Å². The first-order chi connectivity index (χ1) is 6.50. The molecule has 1 rings (SSSR count). The predicted octanol–water partition coefficient (Wildman–Crippen LogP) is 2.62. The largest absolute Gasteiger partial charge is 0.331 e. The van der Waals surface area contributed by atoms with Crippen LogP contribution in [-0.4, -0.2) is 37.0 Å². The first kappa shape index (κ1) is 11.5. The van der Waals surface area contributed by atoms with Crippen molar-refractivity contribution in [3.63, 3.8) is 0 Å². The van der Waals surface area contributed by atoms with E-state index in [1.165, 1.54) is 0 Å². The Bertz CT molecular complexity index is 324. The number of thiophene rings is 1. The van der Waals surface area contributed by atoms with Crippen LogP contribution in [0.15, 0.2) is 15.2 Å². The maximum Gasteiger partial charge on any atom is 0.319 e. The molecule has 0 fully saturated rings. The van der Waals surface area contributed by atoms with Crippen molar-refractivity contribution in [2.45, 2.75) is 6.54 Å². The highest BCUT2D eigenvalue weighted by atomic mass is 79.9. The summed E-state index contributed by atoms with van der Waals surface area (Å²) in [6, 6.07) is 2.05. The standard InChI is InChI=1S/C9H13BrN2OS/c1-11(2)9(13)12(3)5-7-4-8(10)14-6-7/h4,6H,5H2,1-3H3.